The van der Waals surface area contributed by atoms with Gasteiger partial charge in [-0.25, -0.2) is 0 Å². The molecule has 0 saturated heterocycles. The number of para-hydroxylation sites is 14. The molecule has 15 aromatic rings. The Bertz CT molecular complexity index is 5410. The third-order valence-corrected chi connectivity index (χ3v) is 21.6. The molecule has 0 aliphatic carbocycles. The Morgan fingerprint density at radius 2 is 0.574 bits per heavy atom. The molecule has 7 nitrogen and oxygen atoms in total. The van der Waals surface area contributed by atoms with Crippen molar-refractivity contribution in [3.8, 4) is 11.5 Å². The van der Waals surface area contributed by atoms with Crippen LogP contribution in [0.2, 0.25) is 0 Å². The highest BCUT2D eigenvalue weighted by molar-refractivity contribution is 6.17. The normalized spacial score (nSPS) is 13.7. The molecule has 1 aromatic heterocycles. The molecule has 0 saturated carbocycles. The van der Waals surface area contributed by atoms with Crippen LogP contribution < -0.4 is 29.2 Å². The standard InChI is InChI=1S/C28H25N.C21H20N2.C19H17N.C18H21N.C15H15NO/c1-21(2)29-26-19-11-9-17-24(26)28(22-13-5-3-6-14-22,23-15-7-4-8-16-23)25-18-10-12-20-27(25)29;1-16(2)22-18-12-6-8-14-20(18)23(17-10-4-3-5-11-17)21-15-9-7-13-19(21)22;1-13(2)20-18-10-6-5-9-16(18)17-12-11-14-7-3-4-8-15(14)19(17)20;1-13(2)19-16-11-7-5-9-14(16)18(3,4)15-10-6-8-12-17(15)19;1-11(2)16-12-7-3-5-9-14(12)17-15-10-6-4-8-13(15)16/h3-21H,1-2H3;3-16H,1-2H3;3-13H,1-2H3;5-13H,1-4H3;3-11H,1-2H3. The topological polar surface area (TPSA) is 30.4 Å². The van der Waals surface area contributed by atoms with Crippen LogP contribution in [0.5, 0.6) is 11.5 Å². The monoisotopic (exact) mass is 1410 g/mol. The molecule has 108 heavy (non-hydrogen) atoms. The summed E-state index contributed by atoms with van der Waals surface area (Å²) in [4.78, 5) is 12.0. The smallest absolute Gasteiger partial charge is 0.151 e. The maximum absolute atomic E-state index is 5.92. The maximum Gasteiger partial charge on any atom is 0.151 e. The fourth-order valence-electron chi connectivity index (χ4n) is 17.2. The Morgan fingerprint density at radius 1 is 0.250 bits per heavy atom. The Balaban J connectivity index is 0.000000109. The summed E-state index contributed by atoms with van der Waals surface area (Å²) in [5.41, 5.74) is 24.2. The van der Waals surface area contributed by atoms with E-state index in [-0.39, 0.29) is 10.8 Å². The van der Waals surface area contributed by atoms with E-state index in [2.05, 4.69) is 422 Å². The van der Waals surface area contributed by atoms with Crippen LogP contribution >= 0.6 is 0 Å². The molecule has 0 spiro atoms. The summed E-state index contributed by atoms with van der Waals surface area (Å²) < 4.78 is 8.38. The molecule has 0 bridgehead atoms. The molecule has 0 radical (unpaired) electrons. The van der Waals surface area contributed by atoms with E-state index in [1.165, 1.54) is 117 Å². The molecule has 0 N–H and O–H groups in total. The summed E-state index contributed by atoms with van der Waals surface area (Å²) in [5, 5.41) is 5.36. The quantitative estimate of drug-likeness (QED) is 0.151. The number of fused-ring (bicyclic) bond motifs is 13. The van der Waals surface area contributed by atoms with Crippen molar-refractivity contribution in [1.82, 2.24) is 4.57 Å². The highest BCUT2D eigenvalue weighted by atomic mass is 16.5. The molecule has 0 unspecified atom stereocenters. The first kappa shape index (κ1) is 71.5. The zero-order chi connectivity index (χ0) is 74.8. The molecule has 7 heteroatoms. The Labute approximate surface area is 639 Å². The first-order valence-electron chi connectivity index (χ1n) is 38.5. The number of ether oxygens (including phenoxy) is 1. The van der Waals surface area contributed by atoms with E-state index in [4.69, 9.17) is 4.74 Å². The minimum Gasteiger partial charge on any atom is -0.453 e. The van der Waals surface area contributed by atoms with Gasteiger partial charge in [-0.05, 0) is 199 Å². The Kier molecular flexibility index (Phi) is 20.2. The summed E-state index contributed by atoms with van der Waals surface area (Å²) in [6.45, 7) is 27.1. The van der Waals surface area contributed by atoms with Crippen LogP contribution in [0.25, 0.3) is 32.6 Å². The van der Waals surface area contributed by atoms with Crippen molar-refractivity contribution in [3.05, 3.63) is 379 Å². The summed E-state index contributed by atoms with van der Waals surface area (Å²) in [7, 11) is 0. The van der Waals surface area contributed by atoms with Gasteiger partial charge in [0, 0.05) is 85.7 Å². The molecule has 0 amide bonds. The van der Waals surface area contributed by atoms with E-state index in [0.29, 0.717) is 30.2 Å². The molecule has 0 atom stereocenters. The zero-order valence-corrected chi connectivity index (χ0v) is 64.4. The lowest BCUT2D eigenvalue weighted by atomic mass is 9.62. The van der Waals surface area contributed by atoms with Crippen molar-refractivity contribution in [1.29, 1.82) is 0 Å². The molecule has 19 rings (SSSR count). The first-order valence-corrected chi connectivity index (χ1v) is 38.5. The molecule has 4 aliphatic heterocycles. The number of rotatable bonds is 8. The molecular weight excluding hydrogens is 1310 g/mol. The van der Waals surface area contributed by atoms with Crippen LogP contribution in [0, 0.1) is 0 Å². The first-order chi connectivity index (χ1) is 52.6. The predicted octanol–water partition coefficient (Wildman–Crippen LogP) is 27.7. The summed E-state index contributed by atoms with van der Waals surface area (Å²) in [6, 6.07) is 125. The van der Waals surface area contributed by atoms with Gasteiger partial charge in [-0.3, -0.25) is 0 Å². The predicted molar refractivity (Wildman–Crippen MR) is 460 cm³/mol. The highest BCUT2D eigenvalue weighted by Gasteiger charge is 2.46. The fourth-order valence-corrected chi connectivity index (χ4v) is 17.2. The third-order valence-electron chi connectivity index (χ3n) is 21.6. The zero-order valence-electron chi connectivity index (χ0n) is 64.4. The molecule has 4 aliphatic rings. The second-order valence-electron chi connectivity index (χ2n) is 30.4. The largest absolute Gasteiger partial charge is 0.453 e. The molecule has 14 aromatic carbocycles. The lowest BCUT2D eigenvalue weighted by Crippen LogP contribution is -2.41. The third kappa shape index (κ3) is 12.9. The van der Waals surface area contributed by atoms with Crippen molar-refractivity contribution in [2.45, 2.75) is 124 Å². The van der Waals surface area contributed by atoms with Gasteiger partial charge in [0.2, 0.25) is 0 Å². The SMILES string of the molecule is CC(C)N1c2ccccc2C(C)(C)c2ccccc21.CC(C)N1c2ccccc2C(c2ccccc2)(c2ccccc2)c2ccccc21.CC(C)N1c2ccccc2N(c2ccccc2)c2ccccc21.CC(C)N1c2ccccc2Oc2ccccc21.CC(C)n1c2ccccc2c2ccc3ccccc3c21. The summed E-state index contributed by atoms with van der Waals surface area (Å²) in [6.07, 6.45) is 0. The number of nitrogens with zero attached hydrogens (tertiary/aromatic N) is 6. The second kappa shape index (κ2) is 30.4. The lowest BCUT2D eigenvalue weighted by molar-refractivity contribution is 0.469. The van der Waals surface area contributed by atoms with Gasteiger partial charge in [-0.1, -0.05) is 269 Å². The summed E-state index contributed by atoms with van der Waals surface area (Å²) >= 11 is 0. The van der Waals surface area contributed by atoms with Crippen molar-refractivity contribution >= 4 is 95.1 Å². The number of anilines is 11. The van der Waals surface area contributed by atoms with Crippen LogP contribution in [0.1, 0.15) is 123 Å². The minimum atomic E-state index is -0.346. The lowest BCUT2D eigenvalue weighted by Gasteiger charge is -2.47. The minimum absolute atomic E-state index is 0.0680. The molecule has 538 valence electrons. The summed E-state index contributed by atoms with van der Waals surface area (Å²) in [5.74, 6) is 1.86. The van der Waals surface area contributed by atoms with Crippen molar-refractivity contribution in [2.75, 3.05) is 24.5 Å². The van der Waals surface area contributed by atoms with E-state index < -0.39 is 0 Å². The van der Waals surface area contributed by atoms with E-state index in [9.17, 15) is 0 Å². The van der Waals surface area contributed by atoms with Gasteiger partial charge in [0.25, 0.3) is 0 Å². The van der Waals surface area contributed by atoms with Gasteiger partial charge >= 0.3 is 0 Å². The number of benzene rings is 14. The van der Waals surface area contributed by atoms with Gasteiger partial charge < -0.3 is 33.8 Å². The average Bonchev–Trinajstić information content (AvgIpc) is 1.25. The second-order valence-corrected chi connectivity index (χ2v) is 30.4. The van der Waals surface area contributed by atoms with E-state index in [1.807, 2.05) is 36.4 Å². The van der Waals surface area contributed by atoms with Crippen molar-refractivity contribution in [3.63, 3.8) is 0 Å². The average molecular weight is 1410 g/mol. The Morgan fingerprint density at radius 3 is 1.02 bits per heavy atom. The van der Waals surface area contributed by atoms with Crippen LogP contribution in [-0.4, -0.2) is 28.7 Å². The van der Waals surface area contributed by atoms with E-state index in [0.717, 1.165) is 22.9 Å². The van der Waals surface area contributed by atoms with Gasteiger partial charge in [-0.2, -0.15) is 0 Å². The maximum atomic E-state index is 5.92. The van der Waals surface area contributed by atoms with Crippen molar-refractivity contribution < 1.29 is 4.74 Å². The van der Waals surface area contributed by atoms with Crippen LogP contribution in [0.4, 0.5) is 62.6 Å². The number of hydrogen-bond acceptors (Lipinski definition) is 6. The number of aromatic nitrogens is 1. The molecule has 0 fully saturated rings. The number of hydrogen-bond donors (Lipinski definition) is 0. The van der Waals surface area contributed by atoms with Crippen molar-refractivity contribution in [2.24, 2.45) is 0 Å². The fraction of sp³-hybridized carbons (Fsp3) is 0.188. The van der Waals surface area contributed by atoms with Gasteiger partial charge in [0.05, 0.1) is 45.1 Å². The Hall–Kier alpha value is -12.1. The molecule has 5 heterocycles. The van der Waals surface area contributed by atoms with Crippen LogP contribution in [-0.2, 0) is 10.8 Å². The van der Waals surface area contributed by atoms with Crippen LogP contribution in [0.15, 0.2) is 346 Å². The van der Waals surface area contributed by atoms with Gasteiger partial charge in [-0.15, -0.1) is 0 Å². The van der Waals surface area contributed by atoms with Gasteiger partial charge in [0.1, 0.15) is 0 Å². The van der Waals surface area contributed by atoms with Gasteiger partial charge in [0.15, 0.2) is 11.5 Å². The van der Waals surface area contributed by atoms with E-state index >= 15 is 0 Å². The van der Waals surface area contributed by atoms with Crippen LogP contribution in [0.3, 0.4) is 0 Å². The highest BCUT2D eigenvalue weighted by Crippen LogP contribution is 2.58. The molecular formula is C101H98N6O. The van der Waals surface area contributed by atoms with E-state index in [1.54, 1.807) is 0 Å².